The fourth-order valence-electron chi connectivity index (χ4n) is 2.53. The minimum Gasteiger partial charge on any atom is -0.483 e. The van der Waals surface area contributed by atoms with Crippen molar-refractivity contribution in [2.45, 2.75) is 31.6 Å². The molecule has 2 aromatic carbocycles. The molecule has 0 spiro atoms. The molecule has 0 aromatic heterocycles. The Balaban J connectivity index is 2.11. The van der Waals surface area contributed by atoms with Crippen LogP contribution in [0.2, 0.25) is 5.02 Å². The lowest BCUT2D eigenvalue weighted by molar-refractivity contribution is -0.118. The van der Waals surface area contributed by atoms with Crippen LogP contribution < -0.4 is 10.1 Å². The number of benzene rings is 2. The van der Waals surface area contributed by atoms with E-state index in [4.69, 9.17) is 16.3 Å². The zero-order valence-electron chi connectivity index (χ0n) is 16.6. The van der Waals surface area contributed by atoms with Crippen LogP contribution >= 0.6 is 11.6 Å². The number of nitrogens with zero attached hydrogens (tertiary/aromatic N) is 1. The lowest BCUT2D eigenvalue weighted by Crippen LogP contribution is -2.23. The van der Waals surface area contributed by atoms with Gasteiger partial charge in [0, 0.05) is 24.8 Å². The number of aryl methyl sites for hydroxylation is 1. The number of sulfonamides is 1. The Labute approximate surface area is 171 Å². The maximum absolute atomic E-state index is 12.3. The molecular formula is C20H25ClN2O4S. The molecule has 1 N–H and O–H groups in total. The molecule has 8 heteroatoms. The number of hydrogen-bond donors (Lipinski definition) is 1. The molecule has 0 radical (unpaired) electrons. The van der Waals surface area contributed by atoms with Crippen molar-refractivity contribution in [3.63, 3.8) is 0 Å². The predicted molar refractivity (Wildman–Crippen MR) is 112 cm³/mol. The second-order valence-electron chi connectivity index (χ2n) is 6.95. The van der Waals surface area contributed by atoms with Crippen LogP contribution in [0.25, 0.3) is 0 Å². The Kier molecular flexibility index (Phi) is 7.09. The van der Waals surface area contributed by atoms with E-state index in [0.29, 0.717) is 16.5 Å². The second-order valence-corrected chi connectivity index (χ2v) is 9.51. The van der Waals surface area contributed by atoms with E-state index < -0.39 is 10.0 Å². The molecule has 0 aliphatic rings. The molecule has 0 heterocycles. The van der Waals surface area contributed by atoms with E-state index in [0.717, 1.165) is 15.4 Å². The van der Waals surface area contributed by atoms with Gasteiger partial charge in [0.05, 0.1) is 4.90 Å². The number of rotatable bonds is 7. The van der Waals surface area contributed by atoms with Gasteiger partial charge in [-0.25, -0.2) is 12.7 Å². The molecule has 0 atom stereocenters. The van der Waals surface area contributed by atoms with Crippen LogP contribution in [0, 0.1) is 6.92 Å². The molecule has 152 valence electrons. The van der Waals surface area contributed by atoms with E-state index in [-0.39, 0.29) is 23.3 Å². The average Bonchev–Trinajstić information content (AvgIpc) is 2.62. The van der Waals surface area contributed by atoms with Crippen molar-refractivity contribution in [1.82, 2.24) is 4.31 Å². The lowest BCUT2D eigenvalue weighted by atomic mass is 10.0. The van der Waals surface area contributed by atoms with Gasteiger partial charge in [-0.05, 0) is 54.3 Å². The van der Waals surface area contributed by atoms with Crippen molar-refractivity contribution < 1.29 is 17.9 Å². The highest BCUT2D eigenvalue weighted by Crippen LogP contribution is 2.32. The van der Waals surface area contributed by atoms with Crippen LogP contribution in [0.3, 0.4) is 0 Å². The Morgan fingerprint density at radius 1 is 1.21 bits per heavy atom. The summed E-state index contributed by atoms with van der Waals surface area (Å²) in [6.45, 7) is 5.71. The third kappa shape index (κ3) is 5.25. The van der Waals surface area contributed by atoms with E-state index in [1.54, 1.807) is 12.1 Å². The van der Waals surface area contributed by atoms with Crippen LogP contribution in [0.4, 0.5) is 5.69 Å². The predicted octanol–water partition coefficient (Wildman–Crippen LogP) is 4.04. The zero-order valence-corrected chi connectivity index (χ0v) is 18.2. The highest BCUT2D eigenvalue weighted by molar-refractivity contribution is 7.89. The van der Waals surface area contributed by atoms with Gasteiger partial charge in [0.25, 0.3) is 5.91 Å². The summed E-state index contributed by atoms with van der Waals surface area (Å²) in [5.74, 6) is 0.404. The van der Waals surface area contributed by atoms with Gasteiger partial charge in [0.2, 0.25) is 10.0 Å². The van der Waals surface area contributed by atoms with E-state index in [1.165, 1.54) is 26.2 Å². The number of carbonyl (C=O) groups is 1. The molecule has 0 saturated heterocycles. The molecule has 2 rings (SSSR count). The quantitative estimate of drug-likeness (QED) is 0.727. The fourth-order valence-corrected chi connectivity index (χ4v) is 3.65. The summed E-state index contributed by atoms with van der Waals surface area (Å²) in [5.41, 5.74) is 2.17. The van der Waals surface area contributed by atoms with Crippen molar-refractivity contribution in [3.05, 3.63) is 52.5 Å². The minimum atomic E-state index is -3.58. The Hall–Kier alpha value is -2.09. The fraction of sp³-hybridized carbons (Fsp3) is 0.350. The molecule has 28 heavy (non-hydrogen) atoms. The standard InChI is InChI=1S/C20H25ClN2O4S/c1-13(2)17-11-18(21)14(3)9-19(17)27-12-20(24)22-15-7-6-8-16(10-15)28(25,26)23(4)5/h6-11,13H,12H2,1-5H3,(H,22,24). The van der Waals surface area contributed by atoms with Crippen LogP contribution in [0.15, 0.2) is 41.3 Å². The van der Waals surface area contributed by atoms with Crippen molar-refractivity contribution >= 4 is 33.2 Å². The Morgan fingerprint density at radius 2 is 1.89 bits per heavy atom. The van der Waals surface area contributed by atoms with Gasteiger partial charge in [-0.2, -0.15) is 0 Å². The van der Waals surface area contributed by atoms with Crippen molar-refractivity contribution in [2.24, 2.45) is 0 Å². The summed E-state index contributed by atoms with van der Waals surface area (Å²) < 4.78 is 31.3. The smallest absolute Gasteiger partial charge is 0.262 e. The molecule has 2 aromatic rings. The molecule has 0 bridgehead atoms. The molecule has 0 unspecified atom stereocenters. The minimum absolute atomic E-state index is 0.103. The van der Waals surface area contributed by atoms with Crippen LogP contribution in [0.5, 0.6) is 5.75 Å². The molecule has 0 aliphatic heterocycles. The van der Waals surface area contributed by atoms with Crippen LogP contribution in [-0.4, -0.2) is 39.3 Å². The molecule has 1 amide bonds. The number of halogens is 1. The topological polar surface area (TPSA) is 75.7 Å². The van der Waals surface area contributed by atoms with E-state index >= 15 is 0 Å². The molecule has 0 saturated carbocycles. The summed E-state index contributed by atoms with van der Waals surface area (Å²) in [4.78, 5) is 12.4. The van der Waals surface area contributed by atoms with Gasteiger partial charge >= 0.3 is 0 Å². The van der Waals surface area contributed by atoms with Gasteiger partial charge in [-0.1, -0.05) is 31.5 Å². The van der Waals surface area contributed by atoms with E-state index in [9.17, 15) is 13.2 Å². The van der Waals surface area contributed by atoms with E-state index in [2.05, 4.69) is 5.32 Å². The number of anilines is 1. The first-order valence-corrected chi connectivity index (χ1v) is 10.6. The maximum Gasteiger partial charge on any atom is 0.262 e. The highest BCUT2D eigenvalue weighted by Gasteiger charge is 2.18. The third-order valence-corrected chi connectivity index (χ3v) is 6.39. The molecular weight excluding hydrogens is 400 g/mol. The van der Waals surface area contributed by atoms with E-state index in [1.807, 2.05) is 32.9 Å². The third-order valence-electron chi connectivity index (χ3n) is 4.17. The van der Waals surface area contributed by atoms with Crippen molar-refractivity contribution in [3.8, 4) is 5.75 Å². The monoisotopic (exact) mass is 424 g/mol. The largest absolute Gasteiger partial charge is 0.483 e. The van der Waals surface area contributed by atoms with Crippen LogP contribution in [0.1, 0.15) is 30.9 Å². The molecule has 0 fully saturated rings. The summed E-state index contributed by atoms with van der Waals surface area (Å²) in [7, 11) is -0.670. The van der Waals surface area contributed by atoms with Gasteiger partial charge in [-0.3, -0.25) is 4.79 Å². The second kappa shape index (κ2) is 8.94. The number of carbonyl (C=O) groups excluding carboxylic acids is 1. The normalized spacial score (nSPS) is 11.7. The van der Waals surface area contributed by atoms with Crippen molar-refractivity contribution in [2.75, 3.05) is 26.0 Å². The summed E-state index contributed by atoms with van der Waals surface area (Å²) in [6, 6.07) is 9.76. The summed E-state index contributed by atoms with van der Waals surface area (Å²) in [6.07, 6.45) is 0. The number of nitrogens with one attached hydrogen (secondary N) is 1. The van der Waals surface area contributed by atoms with Gasteiger partial charge < -0.3 is 10.1 Å². The molecule has 0 aliphatic carbocycles. The SMILES string of the molecule is Cc1cc(OCC(=O)Nc2cccc(S(=O)(=O)N(C)C)c2)c(C(C)C)cc1Cl. The first kappa shape index (κ1) is 22.2. The Morgan fingerprint density at radius 3 is 2.50 bits per heavy atom. The number of hydrogen-bond acceptors (Lipinski definition) is 4. The summed E-state index contributed by atoms with van der Waals surface area (Å²) >= 11 is 6.19. The lowest BCUT2D eigenvalue weighted by Gasteiger charge is -2.16. The Bertz CT molecular complexity index is 972. The number of ether oxygens (including phenoxy) is 1. The first-order chi connectivity index (χ1) is 13.0. The zero-order chi connectivity index (χ0) is 21.1. The van der Waals surface area contributed by atoms with Gasteiger partial charge in [0.15, 0.2) is 6.61 Å². The number of amides is 1. The van der Waals surface area contributed by atoms with Crippen molar-refractivity contribution in [1.29, 1.82) is 0 Å². The van der Waals surface area contributed by atoms with Crippen LogP contribution in [-0.2, 0) is 14.8 Å². The molecule has 6 nitrogen and oxygen atoms in total. The van der Waals surface area contributed by atoms with Gasteiger partial charge in [0.1, 0.15) is 5.75 Å². The first-order valence-electron chi connectivity index (χ1n) is 8.77. The highest BCUT2D eigenvalue weighted by atomic mass is 35.5. The average molecular weight is 425 g/mol. The summed E-state index contributed by atoms with van der Waals surface area (Å²) in [5, 5.41) is 3.32. The maximum atomic E-state index is 12.3. The van der Waals surface area contributed by atoms with Gasteiger partial charge in [-0.15, -0.1) is 0 Å².